The Bertz CT molecular complexity index is 1400. The minimum atomic E-state index is -0.437. The van der Waals surface area contributed by atoms with Crippen molar-refractivity contribution in [2.24, 2.45) is 0 Å². The fraction of sp³-hybridized carbons (Fsp3) is 0.464. The van der Waals surface area contributed by atoms with Crippen molar-refractivity contribution in [1.82, 2.24) is 14.9 Å². The number of hydrogen-bond donors (Lipinski definition) is 2. The van der Waals surface area contributed by atoms with Gasteiger partial charge >= 0.3 is 6.03 Å². The van der Waals surface area contributed by atoms with Gasteiger partial charge in [0.05, 0.1) is 23.4 Å². The van der Waals surface area contributed by atoms with Gasteiger partial charge in [0.25, 0.3) is 0 Å². The molecule has 4 heterocycles. The van der Waals surface area contributed by atoms with Crippen LogP contribution in [0.5, 0.6) is 0 Å². The molecule has 2 aromatic heterocycles. The molecule has 2 N–H and O–H groups in total. The maximum absolute atomic E-state index is 13.4. The SMILES string of the molecule is CO[C@H]1CCN(Cc2cc3c(nc2C=O)N(C(=O)Nc2cc(N[C@@H]4CC[C@@H]4OC)c(C#N)cn2)CCC3)C1=C=O. The zero-order valence-corrected chi connectivity index (χ0v) is 22.5. The summed E-state index contributed by atoms with van der Waals surface area (Å²) < 4.78 is 10.8. The van der Waals surface area contributed by atoms with Gasteiger partial charge in [-0.25, -0.2) is 19.6 Å². The van der Waals surface area contributed by atoms with Crippen LogP contribution in [0.2, 0.25) is 0 Å². The second-order valence-corrected chi connectivity index (χ2v) is 10.1. The number of carbonyl (C=O) groups is 2. The number of urea groups is 1. The molecule has 3 atom stereocenters. The molecule has 1 aliphatic carbocycles. The van der Waals surface area contributed by atoms with Crippen molar-refractivity contribution >= 4 is 35.6 Å². The molecule has 40 heavy (non-hydrogen) atoms. The van der Waals surface area contributed by atoms with Crippen molar-refractivity contribution < 1.29 is 23.9 Å². The van der Waals surface area contributed by atoms with Crippen LogP contribution in [0, 0.1) is 11.3 Å². The standard InChI is InChI=1S/C28H31N7O5/c1-39-24-6-5-20(24)31-21-11-26(30-13-19(21)12-29)33-28(38)35-8-3-4-17-10-18(22(15-36)32-27(17)35)14-34-9-7-25(40-2)23(34)16-37/h10-11,13,15,20,24-25H,3-9,14H2,1-2H3,(H2,30,31,33,38)/t20-,24+,25+/m1/s1. The number of ether oxygens (including phenoxy) is 2. The number of nitriles is 1. The quantitative estimate of drug-likeness (QED) is 0.374. The van der Waals surface area contributed by atoms with E-state index in [-0.39, 0.29) is 29.8 Å². The zero-order valence-electron chi connectivity index (χ0n) is 22.5. The number of pyridine rings is 2. The Labute approximate surface area is 232 Å². The Morgan fingerprint density at radius 1 is 1.23 bits per heavy atom. The van der Waals surface area contributed by atoms with E-state index in [9.17, 15) is 19.6 Å². The highest BCUT2D eigenvalue weighted by Crippen LogP contribution is 2.32. The molecule has 0 unspecified atom stereocenters. The summed E-state index contributed by atoms with van der Waals surface area (Å²) in [6, 6.07) is 5.30. The average Bonchev–Trinajstić information content (AvgIpc) is 3.36. The molecule has 2 aliphatic heterocycles. The molecular formula is C28H31N7O5. The number of rotatable bonds is 8. The molecule has 0 spiro atoms. The van der Waals surface area contributed by atoms with Crippen LogP contribution < -0.4 is 15.5 Å². The number of nitrogens with one attached hydrogen (secondary N) is 2. The van der Waals surface area contributed by atoms with E-state index >= 15 is 0 Å². The Hall–Kier alpha value is -4.30. The fourth-order valence-electron chi connectivity index (χ4n) is 5.47. The number of fused-ring (bicyclic) bond motifs is 1. The van der Waals surface area contributed by atoms with Crippen LogP contribution >= 0.6 is 0 Å². The predicted octanol–water partition coefficient (Wildman–Crippen LogP) is 2.67. The van der Waals surface area contributed by atoms with Gasteiger partial charge in [-0.15, -0.1) is 0 Å². The van der Waals surface area contributed by atoms with Crippen LogP contribution in [0.15, 0.2) is 24.0 Å². The van der Waals surface area contributed by atoms with Gasteiger partial charge in [-0.1, -0.05) is 0 Å². The van der Waals surface area contributed by atoms with E-state index in [1.54, 1.807) is 20.3 Å². The van der Waals surface area contributed by atoms with Crippen LogP contribution in [0.3, 0.4) is 0 Å². The van der Waals surface area contributed by atoms with Crippen molar-refractivity contribution in [3.8, 4) is 6.07 Å². The number of amides is 2. The molecule has 5 rings (SSSR count). The molecule has 0 bridgehead atoms. The lowest BCUT2D eigenvalue weighted by Crippen LogP contribution is -2.44. The maximum atomic E-state index is 13.4. The van der Waals surface area contributed by atoms with Crippen molar-refractivity contribution in [2.45, 2.75) is 56.9 Å². The largest absolute Gasteiger partial charge is 0.379 e. The monoisotopic (exact) mass is 545 g/mol. The summed E-state index contributed by atoms with van der Waals surface area (Å²) in [6.07, 6.45) is 5.78. The number of hydrogen-bond acceptors (Lipinski definition) is 10. The molecule has 1 saturated heterocycles. The van der Waals surface area contributed by atoms with Crippen LogP contribution in [-0.4, -0.2) is 78.7 Å². The summed E-state index contributed by atoms with van der Waals surface area (Å²) in [5.41, 5.74) is 3.10. The number of methoxy groups -OCH3 is 2. The van der Waals surface area contributed by atoms with E-state index in [2.05, 4.69) is 26.7 Å². The summed E-state index contributed by atoms with van der Waals surface area (Å²) >= 11 is 0. The minimum Gasteiger partial charge on any atom is -0.379 e. The van der Waals surface area contributed by atoms with E-state index in [0.717, 1.165) is 18.4 Å². The first-order chi connectivity index (χ1) is 19.5. The topological polar surface area (TPSA) is 150 Å². The highest BCUT2D eigenvalue weighted by molar-refractivity contribution is 6.01. The van der Waals surface area contributed by atoms with Crippen molar-refractivity contribution in [2.75, 3.05) is 42.8 Å². The lowest BCUT2D eigenvalue weighted by atomic mass is 9.88. The average molecular weight is 546 g/mol. The molecule has 0 radical (unpaired) electrons. The Kier molecular flexibility index (Phi) is 8.07. The number of aromatic nitrogens is 2. The maximum Gasteiger partial charge on any atom is 0.328 e. The summed E-state index contributed by atoms with van der Waals surface area (Å²) in [5.74, 6) is 2.68. The second kappa shape index (κ2) is 11.8. The van der Waals surface area contributed by atoms with Gasteiger partial charge in [-0.3, -0.25) is 15.0 Å². The minimum absolute atomic E-state index is 0.0681. The van der Waals surface area contributed by atoms with E-state index in [4.69, 9.17) is 9.47 Å². The van der Waals surface area contributed by atoms with Crippen molar-refractivity contribution in [3.63, 3.8) is 0 Å². The first-order valence-corrected chi connectivity index (χ1v) is 13.3. The molecule has 1 saturated carbocycles. The third-order valence-electron chi connectivity index (χ3n) is 7.80. The van der Waals surface area contributed by atoms with Crippen molar-refractivity contribution in [3.05, 3.63) is 46.4 Å². The first-order valence-electron chi connectivity index (χ1n) is 13.3. The third-order valence-corrected chi connectivity index (χ3v) is 7.80. The normalized spacial score (nSPS) is 21.6. The van der Waals surface area contributed by atoms with Crippen LogP contribution in [0.4, 0.5) is 22.1 Å². The first kappa shape index (κ1) is 27.3. The van der Waals surface area contributed by atoms with Gasteiger partial charge in [0.1, 0.15) is 41.1 Å². The molecule has 2 aromatic rings. The molecule has 2 fully saturated rings. The Balaban J connectivity index is 1.35. The number of likely N-dealkylation sites (tertiary alicyclic amines) is 1. The molecule has 12 heteroatoms. The fourth-order valence-corrected chi connectivity index (χ4v) is 5.47. The van der Waals surface area contributed by atoms with E-state index in [1.165, 1.54) is 11.1 Å². The van der Waals surface area contributed by atoms with Crippen LogP contribution in [0.25, 0.3) is 0 Å². The molecule has 2 amide bonds. The van der Waals surface area contributed by atoms with Gasteiger partial charge in [-0.05, 0) is 43.7 Å². The van der Waals surface area contributed by atoms with E-state index in [1.807, 2.05) is 16.9 Å². The van der Waals surface area contributed by atoms with Gasteiger partial charge < -0.3 is 19.7 Å². The third kappa shape index (κ3) is 5.27. The van der Waals surface area contributed by atoms with Crippen molar-refractivity contribution in [1.29, 1.82) is 5.26 Å². The Morgan fingerprint density at radius 2 is 2.08 bits per heavy atom. The summed E-state index contributed by atoms with van der Waals surface area (Å²) in [4.78, 5) is 49.1. The molecule has 208 valence electrons. The predicted molar refractivity (Wildman–Crippen MR) is 146 cm³/mol. The lowest BCUT2D eigenvalue weighted by Gasteiger charge is -2.36. The summed E-state index contributed by atoms with van der Waals surface area (Å²) in [6.45, 7) is 1.34. The number of carbonyl (C=O) groups excluding carboxylic acids is 3. The zero-order chi connectivity index (χ0) is 28.2. The van der Waals surface area contributed by atoms with Gasteiger partial charge in [0.15, 0.2) is 6.29 Å². The number of aryl methyl sites for hydroxylation is 1. The molecule has 0 aromatic carbocycles. The van der Waals surface area contributed by atoms with Gasteiger partial charge in [0, 0.05) is 51.7 Å². The molecular weight excluding hydrogens is 514 g/mol. The number of anilines is 3. The number of aldehydes is 1. The molecule has 3 aliphatic rings. The summed E-state index contributed by atoms with van der Waals surface area (Å²) in [5, 5.41) is 15.7. The highest BCUT2D eigenvalue weighted by atomic mass is 16.5. The van der Waals surface area contributed by atoms with Crippen LogP contribution in [0.1, 0.15) is 52.9 Å². The Morgan fingerprint density at radius 3 is 2.75 bits per heavy atom. The van der Waals surface area contributed by atoms with E-state index in [0.29, 0.717) is 73.5 Å². The second-order valence-electron chi connectivity index (χ2n) is 10.1. The molecule has 12 nitrogen and oxygen atoms in total. The smallest absolute Gasteiger partial charge is 0.328 e. The number of nitrogens with zero attached hydrogens (tertiary/aromatic N) is 5. The van der Waals surface area contributed by atoms with E-state index < -0.39 is 6.03 Å². The van der Waals surface area contributed by atoms with Crippen LogP contribution in [-0.2, 0) is 27.2 Å². The van der Waals surface area contributed by atoms with Gasteiger partial charge in [0.2, 0.25) is 0 Å². The summed E-state index contributed by atoms with van der Waals surface area (Å²) in [7, 11) is 3.21. The lowest BCUT2D eigenvalue weighted by molar-refractivity contribution is 0.0286. The van der Waals surface area contributed by atoms with Gasteiger partial charge in [-0.2, -0.15) is 5.26 Å². The highest BCUT2D eigenvalue weighted by Gasteiger charge is 2.33.